The topological polar surface area (TPSA) is 67.4 Å². The van der Waals surface area contributed by atoms with Gasteiger partial charge in [-0.3, -0.25) is 9.89 Å². The maximum absolute atomic E-state index is 5.94. The molecule has 8 heteroatoms. The average molecular weight is 546 g/mol. The molecule has 0 amide bonds. The second-order valence-corrected chi connectivity index (χ2v) is 7.95. The number of aliphatic imine (C=N–C) groups is 1. The Labute approximate surface area is 204 Å². The normalized spacial score (nSPS) is 19.0. The molecule has 0 radical (unpaired) electrons. The fourth-order valence-electron chi connectivity index (χ4n) is 4.12. The number of methoxy groups -OCH3 is 1. The van der Waals surface area contributed by atoms with Crippen molar-refractivity contribution in [3.05, 3.63) is 29.8 Å². The van der Waals surface area contributed by atoms with Gasteiger partial charge in [-0.15, -0.1) is 24.0 Å². The Balaban J connectivity index is 0.00000341. The number of hydrogen-bond acceptors (Lipinski definition) is 5. The van der Waals surface area contributed by atoms with Gasteiger partial charge in [0, 0.05) is 40.0 Å². The molecule has 3 rings (SSSR count). The number of guanidine groups is 1. The van der Waals surface area contributed by atoms with E-state index in [-0.39, 0.29) is 24.0 Å². The predicted molar refractivity (Wildman–Crippen MR) is 136 cm³/mol. The average Bonchev–Trinajstić information content (AvgIpc) is 3.33. The van der Waals surface area contributed by atoms with Crippen LogP contribution in [-0.2, 0) is 9.47 Å². The van der Waals surface area contributed by atoms with Crippen LogP contribution >= 0.6 is 24.0 Å². The number of rotatable bonds is 10. The fraction of sp³-hybridized carbons (Fsp3) is 0.696. The van der Waals surface area contributed by atoms with Gasteiger partial charge >= 0.3 is 0 Å². The lowest BCUT2D eigenvalue weighted by Crippen LogP contribution is -2.43. The van der Waals surface area contributed by atoms with Crippen LogP contribution in [0.4, 0.5) is 0 Å². The summed E-state index contributed by atoms with van der Waals surface area (Å²) in [5.74, 6) is 1.74. The van der Waals surface area contributed by atoms with Crippen molar-refractivity contribution >= 4 is 29.9 Å². The van der Waals surface area contributed by atoms with Crippen LogP contribution in [0.25, 0.3) is 0 Å². The summed E-state index contributed by atoms with van der Waals surface area (Å²) < 4.78 is 16.6. The van der Waals surface area contributed by atoms with Crippen molar-refractivity contribution in [1.82, 2.24) is 15.5 Å². The van der Waals surface area contributed by atoms with Gasteiger partial charge in [0.15, 0.2) is 5.96 Å². The molecule has 2 aliphatic heterocycles. The van der Waals surface area contributed by atoms with Crippen LogP contribution in [0.15, 0.2) is 29.3 Å². The van der Waals surface area contributed by atoms with E-state index in [0.717, 1.165) is 77.0 Å². The largest absolute Gasteiger partial charge is 0.497 e. The van der Waals surface area contributed by atoms with Gasteiger partial charge in [0.25, 0.3) is 0 Å². The van der Waals surface area contributed by atoms with Crippen LogP contribution in [0.1, 0.15) is 43.7 Å². The van der Waals surface area contributed by atoms with Crippen LogP contribution in [0, 0.1) is 0 Å². The molecule has 7 nitrogen and oxygen atoms in total. The summed E-state index contributed by atoms with van der Waals surface area (Å²) in [6.45, 7) is 6.39. The second kappa shape index (κ2) is 14.9. The molecule has 31 heavy (non-hydrogen) atoms. The van der Waals surface area contributed by atoms with Gasteiger partial charge in [-0.25, -0.2) is 0 Å². The third-order valence-electron chi connectivity index (χ3n) is 5.90. The first kappa shape index (κ1) is 26.2. The highest BCUT2D eigenvalue weighted by molar-refractivity contribution is 14.0. The zero-order valence-electron chi connectivity index (χ0n) is 19.0. The minimum atomic E-state index is 0. The van der Waals surface area contributed by atoms with Crippen LogP contribution in [0.2, 0.25) is 0 Å². The molecule has 2 saturated heterocycles. The van der Waals surface area contributed by atoms with Gasteiger partial charge in [0.05, 0.1) is 19.3 Å². The summed E-state index contributed by atoms with van der Waals surface area (Å²) in [5.41, 5.74) is 1.31. The van der Waals surface area contributed by atoms with Crippen LogP contribution in [-0.4, -0.2) is 77.1 Å². The number of nitrogens with zero attached hydrogens (tertiary/aromatic N) is 2. The lowest BCUT2D eigenvalue weighted by molar-refractivity contribution is -0.0320. The molecular weight excluding hydrogens is 507 g/mol. The number of likely N-dealkylation sites (tertiary alicyclic amines) is 1. The SMILES string of the molecule is CN=C(NCCCOC1CCOCC1)NCC(c1ccc(OC)cc1)N1CCCC1.I. The van der Waals surface area contributed by atoms with E-state index in [1.165, 1.54) is 18.4 Å². The van der Waals surface area contributed by atoms with E-state index in [2.05, 4.69) is 32.7 Å². The molecule has 1 unspecified atom stereocenters. The quantitative estimate of drug-likeness (QED) is 0.204. The summed E-state index contributed by atoms with van der Waals surface area (Å²) in [7, 11) is 3.53. The van der Waals surface area contributed by atoms with Crippen molar-refractivity contribution in [3.63, 3.8) is 0 Å². The van der Waals surface area contributed by atoms with Crippen LogP contribution < -0.4 is 15.4 Å². The molecular formula is C23H39IN4O3. The van der Waals surface area contributed by atoms with Crippen molar-refractivity contribution in [2.75, 3.05) is 60.2 Å². The van der Waals surface area contributed by atoms with Crippen molar-refractivity contribution < 1.29 is 14.2 Å². The highest BCUT2D eigenvalue weighted by Crippen LogP contribution is 2.26. The Morgan fingerprint density at radius 1 is 1.16 bits per heavy atom. The van der Waals surface area contributed by atoms with Crippen molar-refractivity contribution in [2.45, 2.75) is 44.2 Å². The Hall–Kier alpha value is -1.10. The molecule has 1 aromatic carbocycles. The highest BCUT2D eigenvalue weighted by atomic mass is 127. The molecule has 2 heterocycles. The highest BCUT2D eigenvalue weighted by Gasteiger charge is 2.23. The molecule has 1 atom stereocenters. The van der Waals surface area contributed by atoms with Crippen LogP contribution in [0.5, 0.6) is 5.75 Å². The Bertz CT molecular complexity index is 632. The summed E-state index contributed by atoms with van der Waals surface area (Å²) in [6, 6.07) is 8.77. The minimum Gasteiger partial charge on any atom is -0.497 e. The van der Waals surface area contributed by atoms with E-state index in [9.17, 15) is 0 Å². The van der Waals surface area contributed by atoms with Gasteiger partial charge in [-0.05, 0) is 62.9 Å². The van der Waals surface area contributed by atoms with Gasteiger partial charge in [-0.1, -0.05) is 12.1 Å². The van der Waals surface area contributed by atoms with E-state index in [4.69, 9.17) is 14.2 Å². The first-order valence-electron chi connectivity index (χ1n) is 11.3. The van der Waals surface area contributed by atoms with Gasteiger partial charge in [0.2, 0.25) is 0 Å². The fourth-order valence-corrected chi connectivity index (χ4v) is 4.12. The smallest absolute Gasteiger partial charge is 0.191 e. The predicted octanol–water partition coefficient (Wildman–Crippen LogP) is 3.20. The molecule has 0 spiro atoms. The van der Waals surface area contributed by atoms with Crippen molar-refractivity contribution in [1.29, 1.82) is 0 Å². The van der Waals surface area contributed by atoms with Gasteiger partial charge < -0.3 is 24.8 Å². The maximum atomic E-state index is 5.94. The van der Waals surface area contributed by atoms with E-state index >= 15 is 0 Å². The first-order valence-corrected chi connectivity index (χ1v) is 11.3. The number of nitrogens with one attached hydrogen (secondary N) is 2. The molecule has 176 valence electrons. The van der Waals surface area contributed by atoms with E-state index < -0.39 is 0 Å². The monoisotopic (exact) mass is 546 g/mol. The third kappa shape index (κ3) is 8.75. The molecule has 2 aliphatic rings. The first-order chi connectivity index (χ1) is 14.8. The van der Waals surface area contributed by atoms with E-state index in [1.807, 2.05) is 19.2 Å². The Morgan fingerprint density at radius 3 is 2.52 bits per heavy atom. The van der Waals surface area contributed by atoms with Crippen molar-refractivity contribution in [2.24, 2.45) is 4.99 Å². The minimum absolute atomic E-state index is 0. The molecule has 0 bridgehead atoms. The van der Waals surface area contributed by atoms with E-state index in [1.54, 1.807) is 7.11 Å². The number of ether oxygens (including phenoxy) is 3. The molecule has 0 aromatic heterocycles. The lowest BCUT2D eigenvalue weighted by atomic mass is 10.1. The maximum Gasteiger partial charge on any atom is 0.191 e. The third-order valence-corrected chi connectivity index (χ3v) is 5.90. The summed E-state index contributed by atoms with van der Waals surface area (Å²) in [5, 5.41) is 6.94. The summed E-state index contributed by atoms with van der Waals surface area (Å²) in [4.78, 5) is 6.95. The second-order valence-electron chi connectivity index (χ2n) is 7.95. The molecule has 0 aliphatic carbocycles. The van der Waals surface area contributed by atoms with Crippen LogP contribution in [0.3, 0.4) is 0 Å². The summed E-state index contributed by atoms with van der Waals surface area (Å²) >= 11 is 0. The molecule has 2 fully saturated rings. The lowest BCUT2D eigenvalue weighted by Gasteiger charge is -2.29. The number of halogens is 1. The van der Waals surface area contributed by atoms with Crippen molar-refractivity contribution in [3.8, 4) is 5.75 Å². The van der Waals surface area contributed by atoms with Gasteiger partial charge in [-0.2, -0.15) is 0 Å². The summed E-state index contributed by atoms with van der Waals surface area (Å²) in [6.07, 6.45) is 5.90. The zero-order valence-corrected chi connectivity index (χ0v) is 21.3. The number of benzene rings is 1. The Kier molecular flexibility index (Phi) is 12.5. The van der Waals surface area contributed by atoms with Gasteiger partial charge in [0.1, 0.15) is 5.75 Å². The van der Waals surface area contributed by atoms with E-state index in [0.29, 0.717) is 12.1 Å². The zero-order chi connectivity index (χ0) is 21.0. The molecule has 0 saturated carbocycles. The standard InChI is InChI=1S/C23H38N4O3.HI/c1-24-23(25-12-5-15-30-21-10-16-29-17-11-21)26-18-22(27-13-3-4-14-27)19-6-8-20(28-2)9-7-19;/h6-9,21-22H,3-5,10-18H2,1-2H3,(H2,24,25,26);1H. The molecule has 1 aromatic rings. The Morgan fingerprint density at radius 2 is 1.87 bits per heavy atom. The molecule has 2 N–H and O–H groups in total. The number of hydrogen-bond donors (Lipinski definition) is 2.